The molecule has 64 valence electrons. The van der Waals surface area contributed by atoms with Crippen LogP contribution in [-0.4, -0.2) is 18.6 Å². The van der Waals surface area contributed by atoms with Crippen LogP contribution < -0.4 is 5.73 Å². The number of nitrogens with two attached hydrogens (primary N) is 1. The van der Waals surface area contributed by atoms with Gasteiger partial charge in [0.15, 0.2) is 0 Å². The van der Waals surface area contributed by atoms with E-state index in [1.54, 1.807) is 0 Å². The summed E-state index contributed by atoms with van der Waals surface area (Å²) in [7, 11) is 0. The van der Waals surface area contributed by atoms with Crippen molar-refractivity contribution in [1.82, 2.24) is 0 Å². The lowest BCUT2D eigenvalue weighted by Gasteiger charge is -2.16. The zero-order valence-electron chi connectivity index (χ0n) is 7.09. The third-order valence-electron chi connectivity index (χ3n) is 2.34. The number of carbonyl (C=O) groups is 1. The lowest BCUT2D eigenvalue weighted by Crippen LogP contribution is -2.36. The molecule has 11 heavy (non-hydrogen) atoms. The minimum atomic E-state index is -0.323. The molecule has 0 bridgehead atoms. The predicted molar refractivity (Wildman–Crippen MR) is 41.9 cm³/mol. The van der Waals surface area contributed by atoms with Gasteiger partial charge in [0.2, 0.25) is 0 Å². The summed E-state index contributed by atoms with van der Waals surface area (Å²) in [5.41, 5.74) is 5.34. The van der Waals surface area contributed by atoms with Gasteiger partial charge >= 0.3 is 5.97 Å². The van der Waals surface area contributed by atoms with Crippen LogP contribution >= 0.6 is 0 Å². The molecule has 1 rings (SSSR count). The SMILES string of the molecule is CCOC(=O)C1(C(C)N)CC1. The number of hydrogen-bond acceptors (Lipinski definition) is 3. The Balaban J connectivity index is 2.51. The number of rotatable bonds is 3. The maximum atomic E-state index is 11.3. The maximum absolute atomic E-state index is 11.3. The van der Waals surface area contributed by atoms with E-state index in [-0.39, 0.29) is 17.4 Å². The Morgan fingerprint density at radius 3 is 2.55 bits per heavy atom. The van der Waals surface area contributed by atoms with E-state index in [9.17, 15) is 4.79 Å². The van der Waals surface area contributed by atoms with Crippen LogP contribution in [0.2, 0.25) is 0 Å². The van der Waals surface area contributed by atoms with Crippen molar-refractivity contribution in [2.24, 2.45) is 11.1 Å². The van der Waals surface area contributed by atoms with Crippen LogP contribution in [0.25, 0.3) is 0 Å². The Morgan fingerprint density at radius 1 is 1.73 bits per heavy atom. The standard InChI is InChI=1S/C8H15NO2/c1-3-11-7(10)8(4-5-8)6(2)9/h6H,3-5,9H2,1-2H3. The van der Waals surface area contributed by atoms with Gasteiger partial charge in [0.25, 0.3) is 0 Å². The lowest BCUT2D eigenvalue weighted by atomic mass is 9.99. The Bertz CT molecular complexity index is 161. The van der Waals surface area contributed by atoms with Crippen LogP contribution in [0.15, 0.2) is 0 Å². The van der Waals surface area contributed by atoms with E-state index in [0.717, 1.165) is 12.8 Å². The van der Waals surface area contributed by atoms with Crippen molar-refractivity contribution in [2.75, 3.05) is 6.61 Å². The van der Waals surface area contributed by atoms with Crippen molar-refractivity contribution in [1.29, 1.82) is 0 Å². The predicted octanol–water partition coefficient (Wildman–Crippen LogP) is 0.677. The fraction of sp³-hybridized carbons (Fsp3) is 0.875. The van der Waals surface area contributed by atoms with Gasteiger partial charge in [0, 0.05) is 6.04 Å². The summed E-state index contributed by atoms with van der Waals surface area (Å²) in [5.74, 6) is -0.116. The van der Waals surface area contributed by atoms with Gasteiger partial charge in [-0.2, -0.15) is 0 Å². The number of carbonyl (C=O) groups excluding carboxylic acids is 1. The quantitative estimate of drug-likeness (QED) is 0.613. The Morgan fingerprint density at radius 2 is 2.27 bits per heavy atom. The molecule has 1 fully saturated rings. The monoisotopic (exact) mass is 157 g/mol. The average Bonchev–Trinajstić information content (AvgIpc) is 2.66. The summed E-state index contributed by atoms with van der Waals surface area (Å²) in [6.07, 6.45) is 1.78. The molecule has 0 heterocycles. The van der Waals surface area contributed by atoms with Crippen LogP contribution in [-0.2, 0) is 9.53 Å². The van der Waals surface area contributed by atoms with E-state index in [2.05, 4.69) is 0 Å². The van der Waals surface area contributed by atoms with Crippen molar-refractivity contribution in [3.63, 3.8) is 0 Å². The number of esters is 1. The highest BCUT2D eigenvalue weighted by atomic mass is 16.5. The van der Waals surface area contributed by atoms with Gasteiger partial charge in [0.1, 0.15) is 0 Å². The molecule has 1 atom stereocenters. The molecule has 1 aliphatic rings. The van der Waals surface area contributed by atoms with Gasteiger partial charge in [0.05, 0.1) is 12.0 Å². The smallest absolute Gasteiger partial charge is 0.313 e. The molecule has 0 saturated heterocycles. The van der Waals surface area contributed by atoms with E-state index in [1.165, 1.54) is 0 Å². The molecule has 0 radical (unpaired) electrons. The van der Waals surface area contributed by atoms with E-state index in [1.807, 2.05) is 13.8 Å². The summed E-state index contributed by atoms with van der Waals surface area (Å²) in [6.45, 7) is 4.13. The highest BCUT2D eigenvalue weighted by Crippen LogP contribution is 2.48. The molecule has 1 unspecified atom stereocenters. The molecule has 0 spiro atoms. The molecule has 1 aliphatic carbocycles. The summed E-state index contributed by atoms with van der Waals surface area (Å²) in [5, 5.41) is 0. The highest BCUT2D eigenvalue weighted by Gasteiger charge is 2.54. The van der Waals surface area contributed by atoms with Gasteiger partial charge in [-0.25, -0.2) is 0 Å². The van der Waals surface area contributed by atoms with E-state index in [4.69, 9.17) is 10.5 Å². The topological polar surface area (TPSA) is 52.3 Å². The Labute approximate surface area is 66.9 Å². The average molecular weight is 157 g/mol. The molecule has 0 amide bonds. The first kappa shape index (κ1) is 8.53. The van der Waals surface area contributed by atoms with Crippen LogP contribution in [0.5, 0.6) is 0 Å². The molecule has 0 aromatic rings. The first-order chi connectivity index (χ1) is 5.13. The zero-order chi connectivity index (χ0) is 8.48. The minimum Gasteiger partial charge on any atom is -0.466 e. The van der Waals surface area contributed by atoms with Crippen molar-refractivity contribution < 1.29 is 9.53 Å². The minimum absolute atomic E-state index is 0.0680. The van der Waals surface area contributed by atoms with Crippen molar-refractivity contribution in [3.05, 3.63) is 0 Å². The molecular formula is C8H15NO2. The highest BCUT2D eigenvalue weighted by molar-refractivity contribution is 5.80. The Kier molecular flexibility index (Phi) is 2.18. The lowest BCUT2D eigenvalue weighted by molar-refractivity contribution is -0.150. The van der Waals surface area contributed by atoms with Crippen LogP contribution in [0.4, 0.5) is 0 Å². The van der Waals surface area contributed by atoms with Crippen LogP contribution in [0.3, 0.4) is 0 Å². The largest absolute Gasteiger partial charge is 0.466 e. The third-order valence-corrected chi connectivity index (χ3v) is 2.34. The number of hydrogen-bond donors (Lipinski definition) is 1. The molecule has 1 saturated carbocycles. The molecule has 2 N–H and O–H groups in total. The first-order valence-corrected chi connectivity index (χ1v) is 4.06. The number of ether oxygens (including phenoxy) is 1. The van der Waals surface area contributed by atoms with Gasteiger partial charge in [-0.15, -0.1) is 0 Å². The third kappa shape index (κ3) is 1.38. The second-order valence-corrected chi connectivity index (χ2v) is 3.17. The molecule has 0 aliphatic heterocycles. The van der Waals surface area contributed by atoms with Crippen LogP contribution in [0, 0.1) is 5.41 Å². The second kappa shape index (κ2) is 2.81. The fourth-order valence-corrected chi connectivity index (χ4v) is 1.25. The Hall–Kier alpha value is -0.570. The molecule has 0 aromatic heterocycles. The van der Waals surface area contributed by atoms with Gasteiger partial charge < -0.3 is 10.5 Å². The van der Waals surface area contributed by atoms with E-state index >= 15 is 0 Å². The molecular weight excluding hydrogens is 142 g/mol. The van der Waals surface area contributed by atoms with Crippen LogP contribution in [0.1, 0.15) is 26.7 Å². The summed E-state index contributed by atoms with van der Waals surface area (Å²) in [4.78, 5) is 11.3. The maximum Gasteiger partial charge on any atom is 0.313 e. The normalized spacial score (nSPS) is 22.5. The summed E-state index contributed by atoms with van der Waals surface area (Å²) >= 11 is 0. The van der Waals surface area contributed by atoms with Gasteiger partial charge in [-0.3, -0.25) is 4.79 Å². The fourth-order valence-electron chi connectivity index (χ4n) is 1.25. The van der Waals surface area contributed by atoms with Crippen molar-refractivity contribution in [2.45, 2.75) is 32.7 Å². The molecule has 0 aromatic carbocycles. The van der Waals surface area contributed by atoms with E-state index < -0.39 is 0 Å². The van der Waals surface area contributed by atoms with Crippen molar-refractivity contribution >= 4 is 5.97 Å². The second-order valence-electron chi connectivity index (χ2n) is 3.17. The summed E-state index contributed by atoms with van der Waals surface area (Å²) < 4.78 is 4.91. The first-order valence-electron chi connectivity index (χ1n) is 4.06. The molecule has 3 heteroatoms. The van der Waals surface area contributed by atoms with Gasteiger partial charge in [-0.05, 0) is 26.7 Å². The van der Waals surface area contributed by atoms with E-state index in [0.29, 0.717) is 6.61 Å². The summed E-state index contributed by atoms with van der Waals surface area (Å²) in [6, 6.07) is -0.0680. The zero-order valence-corrected chi connectivity index (χ0v) is 7.09. The molecule has 3 nitrogen and oxygen atoms in total. The van der Waals surface area contributed by atoms with Gasteiger partial charge in [-0.1, -0.05) is 0 Å². The van der Waals surface area contributed by atoms with Crippen molar-refractivity contribution in [3.8, 4) is 0 Å².